The van der Waals surface area contributed by atoms with Crippen molar-refractivity contribution in [3.05, 3.63) is 11.2 Å². The Kier molecular flexibility index (Phi) is 3.75. The van der Waals surface area contributed by atoms with Gasteiger partial charge in [-0.3, -0.25) is 0 Å². The van der Waals surface area contributed by atoms with Crippen molar-refractivity contribution in [1.29, 1.82) is 0 Å². The van der Waals surface area contributed by atoms with E-state index in [-0.39, 0.29) is 0 Å². The maximum absolute atomic E-state index is 6.23. The van der Waals surface area contributed by atoms with Gasteiger partial charge in [-0.1, -0.05) is 11.6 Å². The fourth-order valence-corrected chi connectivity index (χ4v) is 2.76. The van der Waals surface area contributed by atoms with E-state index in [9.17, 15) is 0 Å². The Bertz CT molecular complexity index is 452. The van der Waals surface area contributed by atoms with Crippen LogP contribution in [0.3, 0.4) is 0 Å². The molecule has 0 bridgehead atoms. The molecule has 0 amide bonds. The van der Waals surface area contributed by atoms with Crippen molar-refractivity contribution < 1.29 is 4.74 Å². The molecule has 1 aliphatic heterocycles. The van der Waals surface area contributed by atoms with Crippen molar-refractivity contribution in [2.45, 2.75) is 37.8 Å². The van der Waals surface area contributed by atoms with Gasteiger partial charge in [-0.2, -0.15) is 4.98 Å². The minimum atomic E-state index is 0.375. The average molecular weight is 283 g/mol. The van der Waals surface area contributed by atoms with Gasteiger partial charge in [-0.05, 0) is 25.7 Å². The summed E-state index contributed by atoms with van der Waals surface area (Å²) in [7, 11) is 1.57. The topological polar surface area (TPSA) is 50.3 Å². The molecule has 19 heavy (non-hydrogen) atoms. The van der Waals surface area contributed by atoms with Crippen LogP contribution in [0.4, 0.5) is 5.82 Å². The molecule has 6 heteroatoms. The van der Waals surface area contributed by atoms with Gasteiger partial charge in [0.05, 0.1) is 13.3 Å². The van der Waals surface area contributed by atoms with Gasteiger partial charge in [-0.15, -0.1) is 0 Å². The van der Waals surface area contributed by atoms with E-state index in [0.29, 0.717) is 17.1 Å². The standard InChI is InChI=1S/C13H19ClN4O/c1-19-13-16-8-11(14)12(17-13)18-6-2-3-10(18)7-15-9-4-5-9/h8-10,15H,2-7H2,1H3. The molecule has 1 unspecified atom stereocenters. The number of nitrogens with zero attached hydrogens (tertiary/aromatic N) is 3. The quantitative estimate of drug-likeness (QED) is 0.893. The Hall–Kier alpha value is -1.07. The van der Waals surface area contributed by atoms with Gasteiger partial charge in [-0.25, -0.2) is 4.98 Å². The largest absolute Gasteiger partial charge is 0.467 e. The zero-order valence-corrected chi connectivity index (χ0v) is 11.9. The number of nitrogens with one attached hydrogen (secondary N) is 1. The maximum Gasteiger partial charge on any atom is 0.318 e. The molecule has 3 rings (SSSR count). The molecule has 2 aliphatic rings. The van der Waals surface area contributed by atoms with E-state index in [1.54, 1.807) is 13.3 Å². The maximum atomic E-state index is 6.23. The van der Waals surface area contributed by atoms with Crippen LogP contribution in [0.2, 0.25) is 5.02 Å². The van der Waals surface area contributed by atoms with E-state index < -0.39 is 0 Å². The predicted molar refractivity (Wildman–Crippen MR) is 75.0 cm³/mol. The minimum Gasteiger partial charge on any atom is -0.467 e. The van der Waals surface area contributed by atoms with Gasteiger partial charge >= 0.3 is 6.01 Å². The lowest BCUT2D eigenvalue weighted by Gasteiger charge is -2.26. The second-order valence-electron chi connectivity index (χ2n) is 5.20. The number of hydrogen-bond acceptors (Lipinski definition) is 5. The normalized spacial score (nSPS) is 22.8. The van der Waals surface area contributed by atoms with E-state index in [4.69, 9.17) is 16.3 Å². The summed E-state index contributed by atoms with van der Waals surface area (Å²) < 4.78 is 5.09. The van der Waals surface area contributed by atoms with Crippen LogP contribution in [-0.2, 0) is 0 Å². The van der Waals surface area contributed by atoms with E-state index in [1.807, 2.05) is 0 Å². The van der Waals surface area contributed by atoms with Crippen LogP contribution < -0.4 is 15.0 Å². The Labute approximate surface area is 118 Å². The summed E-state index contributed by atoms with van der Waals surface area (Å²) in [5.74, 6) is 0.800. The number of anilines is 1. The van der Waals surface area contributed by atoms with Gasteiger partial charge in [0.15, 0.2) is 5.82 Å². The molecule has 5 nitrogen and oxygen atoms in total. The van der Waals surface area contributed by atoms with Crippen molar-refractivity contribution in [1.82, 2.24) is 15.3 Å². The average Bonchev–Trinajstić information content (AvgIpc) is 3.15. The Balaban J connectivity index is 1.74. The van der Waals surface area contributed by atoms with Gasteiger partial charge in [0.2, 0.25) is 0 Å². The fourth-order valence-electron chi connectivity index (χ4n) is 2.56. The smallest absolute Gasteiger partial charge is 0.318 e. The monoisotopic (exact) mass is 282 g/mol. The van der Waals surface area contributed by atoms with Crippen LogP contribution in [0.15, 0.2) is 6.20 Å². The van der Waals surface area contributed by atoms with E-state index in [0.717, 1.165) is 24.9 Å². The lowest BCUT2D eigenvalue weighted by Crippen LogP contribution is -2.39. The second kappa shape index (κ2) is 5.51. The molecule has 0 radical (unpaired) electrons. The molecule has 1 atom stereocenters. The molecule has 1 N–H and O–H groups in total. The molecule has 104 valence electrons. The SMILES string of the molecule is COc1ncc(Cl)c(N2CCCC2CNC2CC2)n1. The van der Waals surface area contributed by atoms with Crippen molar-refractivity contribution in [2.24, 2.45) is 0 Å². The van der Waals surface area contributed by atoms with Gasteiger partial charge < -0.3 is 15.0 Å². The summed E-state index contributed by atoms with van der Waals surface area (Å²) in [6, 6.07) is 1.58. The zero-order valence-electron chi connectivity index (χ0n) is 11.1. The molecule has 0 spiro atoms. The Morgan fingerprint density at radius 3 is 3.05 bits per heavy atom. The highest BCUT2D eigenvalue weighted by atomic mass is 35.5. The van der Waals surface area contributed by atoms with E-state index in [2.05, 4.69) is 20.2 Å². The molecule has 1 saturated carbocycles. The molecular formula is C13H19ClN4O. The van der Waals surface area contributed by atoms with Crippen LogP contribution in [0.25, 0.3) is 0 Å². The highest BCUT2D eigenvalue weighted by Crippen LogP contribution is 2.31. The van der Waals surface area contributed by atoms with Gasteiger partial charge in [0.25, 0.3) is 0 Å². The lowest BCUT2D eigenvalue weighted by molar-refractivity contribution is 0.379. The highest BCUT2D eigenvalue weighted by Gasteiger charge is 2.30. The number of ether oxygens (including phenoxy) is 1. The summed E-state index contributed by atoms with van der Waals surface area (Å²) in [6.07, 6.45) is 6.61. The van der Waals surface area contributed by atoms with Crippen molar-refractivity contribution in [3.8, 4) is 6.01 Å². The van der Waals surface area contributed by atoms with Crippen molar-refractivity contribution in [2.75, 3.05) is 25.1 Å². The molecule has 0 aromatic carbocycles. The van der Waals surface area contributed by atoms with Crippen LogP contribution >= 0.6 is 11.6 Å². The Morgan fingerprint density at radius 2 is 2.32 bits per heavy atom. The first-order valence-electron chi connectivity index (χ1n) is 6.84. The number of hydrogen-bond donors (Lipinski definition) is 1. The first-order chi connectivity index (χ1) is 9.28. The zero-order chi connectivity index (χ0) is 13.2. The molecular weight excluding hydrogens is 264 g/mol. The molecule has 2 fully saturated rings. The molecule has 1 aromatic rings. The third-order valence-electron chi connectivity index (χ3n) is 3.75. The number of halogens is 1. The van der Waals surface area contributed by atoms with Gasteiger partial charge in [0.1, 0.15) is 5.02 Å². The van der Waals surface area contributed by atoms with E-state index in [1.165, 1.54) is 25.7 Å². The summed E-state index contributed by atoms with van der Waals surface area (Å²) in [5, 5.41) is 4.18. The number of rotatable bonds is 5. The van der Waals surface area contributed by atoms with Crippen LogP contribution in [0, 0.1) is 0 Å². The third kappa shape index (κ3) is 2.92. The molecule has 2 heterocycles. The summed E-state index contributed by atoms with van der Waals surface area (Å²) in [5.41, 5.74) is 0. The summed E-state index contributed by atoms with van der Waals surface area (Å²) >= 11 is 6.23. The Morgan fingerprint density at radius 1 is 1.47 bits per heavy atom. The third-order valence-corrected chi connectivity index (χ3v) is 4.02. The first-order valence-corrected chi connectivity index (χ1v) is 7.22. The van der Waals surface area contributed by atoms with Crippen LogP contribution in [-0.4, -0.2) is 42.3 Å². The molecule has 1 aromatic heterocycles. The lowest BCUT2D eigenvalue weighted by atomic mass is 10.2. The minimum absolute atomic E-state index is 0.375. The fraction of sp³-hybridized carbons (Fsp3) is 0.692. The van der Waals surface area contributed by atoms with Crippen LogP contribution in [0.1, 0.15) is 25.7 Å². The van der Waals surface area contributed by atoms with Crippen molar-refractivity contribution in [3.63, 3.8) is 0 Å². The number of aromatic nitrogens is 2. The van der Waals surface area contributed by atoms with Crippen LogP contribution in [0.5, 0.6) is 6.01 Å². The molecule has 1 saturated heterocycles. The summed E-state index contributed by atoms with van der Waals surface area (Å²) in [6.45, 7) is 2.00. The summed E-state index contributed by atoms with van der Waals surface area (Å²) in [4.78, 5) is 10.7. The van der Waals surface area contributed by atoms with E-state index >= 15 is 0 Å². The number of methoxy groups -OCH3 is 1. The highest BCUT2D eigenvalue weighted by molar-refractivity contribution is 6.32. The predicted octanol–water partition coefficient (Wildman–Crippen LogP) is 1.86. The first kappa shape index (κ1) is 12.9. The second-order valence-corrected chi connectivity index (χ2v) is 5.61. The molecule has 1 aliphatic carbocycles. The van der Waals surface area contributed by atoms with Gasteiger partial charge in [0, 0.05) is 25.2 Å². The van der Waals surface area contributed by atoms with Crippen molar-refractivity contribution >= 4 is 17.4 Å².